The summed E-state index contributed by atoms with van der Waals surface area (Å²) < 4.78 is 0. The second-order valence-electron chi connectivity index (χ2n) is 8.30. The van der Waals surface area contributed by atoms with Crippen LogP contribution in [-0.4, -0.2) is 12.6 Å². The van der Waals surface area contributed by atoms with Crippen molar-refractivity contribution in [2.24, 2.45) is 0 Å². The van der Waals surface area contributed by atoms with Crippen LogP contribution in [0, 0.1) is 0 Å². The Kier molecular flexibility index (Phi) is 22.0. The van der Waals surface area contributed by atoms with Crippen molar-refractivity contribution in [2.45, 2.75) is 149 Å². The van der Waals surface area contributed by atoms with E-state index in [1.165, 1.54) is 129 Å². The first-order chi connectivity index (χ1) is 12.3. The summed E-state index contributed by atoms with van der Waals surface area (Å²) in [7, 11) is 0. The minimum Gasteiger partial charge on any atom is -0.314 e. The van der Waals surface area contributed by atoms with Gasteiger partial charge in [0.25, 0.3) is 0 Å². The highest BCUT2D eigenvalue weighted by atomic mass is 14.9. The Labute approximate surface area is 161 Å². The summed E-state index contributed by atoms with van der Waals surface area (Å²) in [6, 6.07) is 0.721. The molecular weight excluding hydrogens is 302 g/mol. The normalized spacial score (nSPS) is 12.6. The van der Waals surface area contributed by atoms with Gasteiger partial charge in [0.05, 0.1) is 0 Å². The second kappa shape index (κ2) is 22.0. The lowest BCUT2D eigenvalue weighted by Gasteiger charge is -2.13. The maximum absolute atomic E-state index is 3.73. The topological polar surface area (TPSA) is 12.0 Å². The monoisotopic (exact) mass is 353 g/mol. The van der Waals surface area contributed by atoms with Gasteiger partial charge in [0.15, 0.2) is 0 Å². The lowest BCUT2D eigenvalue weighted by molar-refractivity contribution is 0.463. The largest absolute Gasteiger partial charge is 0.314 e. The van der Waals surface area contributed by atoms with Crippen LogP contribution >= 0.6 is 0 Å². The molecule has 0 aromatic heterocycles. The van der Waals surface area contributed by atoms with E-state index in [9.17, 15) is 0 Å². The summed E-state index contributed by atoms with van der Waals surface area (Å²) >= 11 is 0. The molecule has 0 aliphatic carbocycles. The fraction of sp³-hybridized carbons (Fsp3) is 1.00. The van der Waals surface area contributed by atoms with Crippen molar-refractivity contribution in [3.05, 3.63) is 0 Å². The first kappa shape index (κ1) is 25.0. The van der Waals surface area contributed by atoms with Crippen molar-refractivity contribution in [1.29, 1.82) is 0 Å². The van der Waals surface area contributed by atoms with Crippen LogP contribution < -0.4 is 5.32 Å². The molecule has 1 atom stereocenters. The molecule has 0 fully saturated rings. The van der Waals surface area contributed by atoms with Crippen LogP contribution in [0.1, 0.15) is 143 Å². The molecule has 0 saturated carbocycles. The van der Waals surface area contributed by atoms with Gasteiger partial charge in [-0.1, -0.05) is 123 Å². The summed E-state index contributed by atoms with van der Waals surface area (Å²) in [5, 5.41) is 3.73. The number of rotatable bonds is 21. The molecule has 1 unspecified atom stereocenters. The van der Waals surface area contributed by atoms with Crippen LogP contribution in [-0.2, 0) is 0 Å². The molecule has 1 heteroatoms. The van der Waals surface area contributed by atoms with E-state index in [1.54, 1.807) is 0 Å². The smallest absolute Gasteiger partial charge is 0.00387 e. The number of nitrogens with one attached hydrogen (secondary N) is 1. The molecular formula is C24H51N. The Balaban J connectivity index is 3.12. The summed E-state index contributed by atoms with van der Waals surface area (Å²) in [5.41, 5.74) is 0. The standard InChI is InChI=1S/C24H51N/c1-4-6-8-10-12-14-16-18-20-22-24(3)25-23-21-19-17-15-13-11-9-7-5-2/h24-25H,4-23H2,1-3H3. The van der Waals surface area contributed by atoms with E-state index in [-0.39, 0.29) is 0 Å². The van der Waals surface area contributed by atoms with Gasteiger partial charge >= 0.3 is 0 Å². The lowest BCUT2D eigenvalue weighted by Crippen LogP contribution is -2.26. The Morgan fingerprint density at radius 3 is 1.28 bits per heavy atom. The summed E-state index contributed by atoms with van der Waals surface area (Å²) in [6.07, 6.45) is 27.2. The third-order valence-corrected chi connectivity index (χ3v) is 5.51. The molecule has 0 bridgehead atoms. The molecule has 0 rings (SSSR count). The fourth-order valence-electron chi connectivity index (χ4n) is 3.65. The van der Waals surface area contributed by atoms with E-state index < -0.39 is 0 Å². The van der Waals surface area contributed by atoms with Gasteiger partial charge in [-0.2, -0.15) is 0 Å². The fourth-order valence-corrected chi connectivity index (χ4v) is 3.65. The average Bonchev–Trinajstić information content (AvgIpc) is 2.62. The van der Waals surface area contributed by atoms with E-state index in [4.69, 9.17) is 0 Å². The van der Waals surface area contributed by atoms with Crippen LogP contribution in [0.5, 0.6) is 0 Å². The molecule has 0 heterocycles. The Morgan fingerprint density at radius 1 is 0.480 bits per heavy atom. The van der Waals surface area contributed by atoms with Crippen molar-refractivity contribution in [1.82, 2.24) is 5.32 Å². The van der Waals surface area contributed by atoms with E-state index in [2.05, 4.69) is 26.1 Å². The molecule has 25 heavy (non-hydrogen) atoms. The van der Waals surface area contributed by atoms with Crippen molar-refractivity contribution < 1.29 is 0 Å². The van der Waals surface area contributed by atoms with Gasteiger partial charge in [0.1, 0.15) is 0 Å². The zero-order chi connectivity index (χ0) is 18.4. The number of unbranched alkanes of at least 4 members (excludes halogenated alkanes) is 16. The van der Waals surface area contributed by atoms with Crippen LogP contribution in [0.4, 0.5) is 0 Å². The summed E-state index contributed by atoms with van der Waals surface area (Å²) in [5.74, 6) is 0. The minimum atomic E-state index is 0.721. The maximum atomic E-state index is 3.73. The van der Waals surface area contributed by atoms with Gasteiger partial charge in [0.2, 0.25) is 0 Å². The molecule has 0 aromatic rings. The molecule has 1 nitrogen and oxygen atoms in total. The Bertz CT molecular complexity index is 226. The van der Waals surface area contributed by atoms with E-state index in [0.29, 0.717) is 0 Å². The lowest BCUT2D eigenvalue weighted by atomic mass is 10.0. The molecule has 0 aliphatic heterocycles. The van der Waals surface area contributed by atoms with Crippen molar-refractivity contribution >= 4 is 0 Å². The zero-order valence-electron chi connectivity index (χ0n) is 18.2. The summed E-state index contributed by atoms with van der Waals surface area (Å²) in [6.45, 7) is 8.20. The predicted octanol–water partition coefficient (Wildman–Crippen LogP) is 8.42. The highest BCUT2D eigenvalue weighted by Gasteiger charge is 2.01. The number of hydrogen-bond donors (Lipinski definition) is 1. The maximum Gasteiger partial charge on any atom is 0.00387 e. The first-order valence-electron chi connectivity index (χ1n) is 12.0. The molecule has 0 spiro atoms. The van der Waals surface area contributed by atoms with Gasteiger partial charge in [0, 0.05) is 6.04 Å². The van der Waals surface area contributed by atoms with Gasteiger partial charge < -0.3 is 5.32 Å². The Hall–Kier alpha value is -0.0400. The molecule has 0 aliphatic rings. The molecule has 0 radical (unpaired) electrons. The van der Waals surface area contributed by atoms with Gasteiger partial charge in [-0.25, -0.2) is 0 Å². The molecule has 0 amide bonds. The van der Waals surface area contributed by atoms with Gasteiger partial charge in [-0.05, 0) is 26.3 Å². The van der Waals surface area contributed by atoms with Crippen LogP contribution in [0.25, 0.3) is 0 Å². The van der Waals surface area contributed by atoms with E-state index >= 15 is 0 Å². The quantitative estimate of drug-likeness (QED) is 0.204. The number of hydrogen-bond acceptors (Lipinski definition) is 1. The van der Waals surface area contributed by atoms with Crippen LogP contribution in [0.2, 0.25) is 0 Å². The third-order valence-electron chi connectivity index (χ3n) is 5.51. The van der Waals surface area contributed by atoms with Gasteiger partial charge in [-0.3, -0.25) is 0 Å². The van der Waals surface area contributed by atoms with Gasteiger partial charge in [-0.15, -0.1) is 0 Å². The Morgan fingerprint density at radius 2 is 0.840 bits per heavy atom. The van der Waals surface area contributed by atoms with Crippen molar-refractivity contribution in [2.75, 3.05) is 6.54 Å². The molecule has 1 N–H and O–H groups in total. The SMILES string of the molecule is CCCCCCCCCCCNC(C)CCCCCCCCCCC. The predicted molar refractivity (Wildman–Crippen MR) is 117 cm³/mol. The van der Waals surface area contributed by atoms with Crippen molar-refractivity contribution in [3.8, 4) is 0 Å². The highest BCUT2D eigenvalue weighted by Crippen LogP contribution is 2.12. The van der Waals surface area contributed by atoms with Crippen LogP contribution in [0.15, 0.2) is 0 Å². The highest BCUT2D eigenvalue weighted by molar-refractivity contribution is 4.61. The second-order valence-corrected chi connectivity index (χ2v) is 8.30. The van der Waals surface area contributed by atoms with Crippen molar-refractivity contribution in [3.63, 3.8) is 0 Å². The average molecular weight is 354 g/mol. The minimum absolute atomic E-state index is 0.721. The molecule has 0 saturated heterocycles. The summed E-state index contributed by atoms with van der Waals surface area (Å²) in [4.78, 5) is 0. The molecule has 152 valence electrons. The zero-order valence-corrected chi connectivity index (χ0v) is 18.2. The molecule has 0 aromatic carbocycles. The van der Waals surface area contributed by atoms with E-state index in [0.717, 1.165) is 6.04 Å². The third kappa shape index (κ3) is 21.9. The first-order valence-corrected chi connectivity index (χ1v) is 12.0. The van der Waals surface area contributed by atoms with E-state index in [1.807, 2.05) is 0 Å². The van der Waals surface area contributed by atoms with Crippen LogP contribution in [0.3, 0.4) is 0 Å².